The summed E-state index contributed by atoms with van der Waals surface area (Å²) in [5.74, 6) is -0.501. The van der Waals surface area contributed by atoms with Gasteiger partial charge in [0.25, 0.3) is 0 Å². The summed E-state index contributed by atoms with van der Waals surface area (Å²) < 4.78 is 4.94. The Bertz CT molecular complexity index is 210. The minimum absolute atomic E-state index is 0.350. The number of ether oxygens (including phenoxy) is 1. The number of esters is 1. The molecule has 1 atom stereocenters. The summed E-state index contributed by atoms with van der Waals surface area (Å²) in [7, 11) is 0. The van der Waals surface area contributed by atoms with Crippen LogP contribution in [0.4, 0.5) is 0 Å². The maximum atomic E-state index is 11.1. The second-order valence-electron chi connectivity index (χ2n) is 5.14. The van der Waals surface area contributed by atoms with Crippen molar-refractivity contribution in [2.75, 3.05) is 13.2 Å². The van der Waals surface area contributed by atoms with Crippen molar-refractivity contribution in [2.45, 2.75) is 77.2 Å². The number of unbranched alkanes of at least 4 members (excludes halogenated alkanes) is 9. The van der Waals surface area contributed by atoms with E-state index in [2.05, 4.69) is 6.92 Å². The molecule has 4 heteroatoms. The van der Waals surface area contributed by atoms with Crippen LogP contribution in [0, 0.1) is 0 Å². The van der Waals surface area contributed by atoms with E-state index in [-0.39, 0.29) is 6.61 Å². The monoisotopic (exact) mass is 273 g/mol. The smallest absolute Gasteiger partial charge is 0.325 e. The highest BCUT2D eigenvalue weighted by Crippen LogP contribution is 2.10. The Morgan fingerprint density at radius 2 is 1.47 bits per heavy atom. The zero-order chi connectivity index (χ0) is 14.3. The molecule has 19 heavy (non-hydrogen) atoms. The summed E-state index contributed by atoms with van der Waals surface area (Å²) >= 11 is 0. The van der Waals surface area contributed by atoms with Crippen LogP contribution in [-0.2, 0) is 9.53 Å². The van der Waals surface area contributed by atoms with Crippen LogP contribution in [0.3, 0.4) is 0 Å². The predicted molar refractivity (Wildman–Crippen MR) is 77.9 cm³/mol. The average molecular weight is 273 g/mol. The highest BCUT2D eigenvalue weighted by molar-refractivity contribution is 5.75. The lowest BCUT2D eigenvalue weighted by atomic mass is 10.1. The van der Waals surface area contributed by atoms with Crippen molar-refractivity contribution in [3.63, 3.8) is 0 Å². The highest BCUT2D eigenvalue weighted by Gasteiger charge is 2.12. The highest BCUT2D eigenvalue weighted by atomic mass is 16.5. The van der Waals surface area contributed by atoms with Gasteiger partial charge in [-0.3, -0.25) is 4.79 Å². The van der Waals surface area contributed by atoms with E-state index < -0.39 is 12.0 Å². The second kappa shape index (κ2) is 13.8. The molecule has 0 aliphatic heterocycles. The molecule has 0 heterocycles. The molecule has 0 unspecified atom stereocenters. The average Bonchev–Trinajstić information content (AvgIpc) is 2.43. The molecule has 0 aromatic carbocycles. The molecule has 3 N–H and O–H groups in total. The Kier molecular flexibility index (Phi) is 13.4. The molecule has 0 aromatic rings. The van der Waals surface area contributed by atoms with Gasteiger partial charge in [-0.15, -0.1) is 0 Å². The quantitative estimate of drug-likeness (QED) is 0.400. The molecule has 0 spiro atoms. The Labute approximate surface area is 117 Å². The lowest BCUT2D eigenvalue weighted by molar-refractivity contribution is -0.146. The van der Waals surface area contributed by atoms with E-state index in [4.69, 9.17) is 15.6 Å². The van der Waals surface area contributed by atoms with E-state index in [1.807, 2.05) is 0 Å². The third-order valence-corrected chi connectivity index (χ3v) is 3.24. The number of hydrogen-bond acceptors (Lipinski definition) is 4. The summed E-state index contributed by atoms with van der Waals surface area (Å²) in [5, 5.41) is 8.66. The van der Waals surface area contributed by atoms with E-state index in [1.54, 1.807) is 0 Å². The van der Waals surface area contributed by atoms with Gasteiger partial charge in [0.1, 0.15) is 6.04 Å². The van der Waals surface area contributed by atoms with E-state index in [0.717, 1.165) is 12.8 Å². The van der Waals surface area contributed by atoms with Crippen LogP contribution < -0.4 is 5.73 Å². The molecule has 0 amide bonds. The fourth-order valence-corrected chi connectivity index (χ4v) is 1.94. The van der Waals surface area contributed by atoms with E-state index in [0.29, 0.717) is 6.61 Å². The van der Waals surface area contributed by atoms with Crippen LogP contribution in [0.5, 0.6) is 0 Å². The molecule has 0 rings (SSSR count). The normalized spacial score (nSPS) is 12.4. The van der Waals surface area contributed by atoms with Gasteiger partial charge in [0.05, 0.1) is 13.2 Å². The maximum Gasteiger partial charge on any atom is 0.325 e. The fourth-order valence-electron chi connectivity index (χ4n) is 1.94. The van der Waals surface area contributed by atoms with Crippen LogP contribution in [-0.4, -0.2) is 30.3 Å². The Balaban J connectivity index is 3.13. The van der Waals surface area contributed by atoms with E-state index in [9.17, 15) is 4.79 Å². The summed E-state index contributed by atoms with van der Waals surface area (Å²) in [6.07, 6.45) is 12.5. The molecule has 0 aromatic heterocycles. The molecule has 0 fully saturated rings. The zero-order valence-electron chi connectivity index (χ0n) is 12.4. The first kappa shape index (κ1) is 18.4. The maximum absolute atomic E-state index is 11.1. The van der Waals surface area contributed by atoms with Gasteiger partial charge in [0.15, 0.2) is 0 Å². The van der Waals surface area contributed by atoms with Crippen LogP contribution in [0.2, 0.25) is 0 Å². The number of rotatable bonds is 13. The zero-order valence-corrected chi connectivity index (χ0v) is 12.4. The van der Waals surface area contributed by atoms with Gasteiger partial charge < -0.3 is 15.6 Å². The lowest BCUT2D eigenvalue weighted by Crippen LogP contribution is -2.35. The first-order valence-electron chi connectivity index (χ1n) is 7.75. The molecule has 0 bridgehead atoms. The van der Waals surface area contributed by atoms with Crippen LogP contribution in [0.25, 0.3) is 0 Å². The van der Waals surface area contributed by atoms with Gasteiger partial charge in [-0.05, 0) is 6.42 Å². The van der Waals surface area contributed by atoms with Gasteiger partial charge in [-0.2, -0.15) is 0 Å². The third kappa shape index (κ3) is 12.2. The third-order valence-electron chi connectivity index (χ3n) is 3.24. The van der Waals surface area contributed by atoms with Crippen molar-refractivity contribution in [3.8, 4) is 0 Å². The van der Waals surface area contributed by atoms with Crippen molar-refractivity contribution in [1.29, 1.82) is 0 Å². The number of nitrogens with two attached hydrogens (primary N) is 1. The summed E-state index contributed by atoms with van der Waals surface area (Å²) in [6.45, 7) is 2.31. The molecule has 0 aliphatic rings. The predicted octanol–water partition coefficient (Wildman–Crippen LogP) is 2.77. The molecule has 4 nitrogen and oxygen atoms in total. The molecule has 114 valence electrons. The van der Waals surface area contributed by atoms with Crippen LogP contribution >= 0.6 is 0 Å². The largest absolute Gasteiger partial charge is 0.464 e. The minimum Gasteiger partial charge on any atom is -0.464 e. The summed E-state index contributed by atoms with van der Waals surface area (Å²) in [4.78, 5) is 11.1. The van der Waals surface area contributed by atoms with Crippen LogP contribution in [0.1, 0.15) is 71.1 Å². The number of aliphatic hydroxyl groups excluding tert-OH is 1. The number of carbonyl (C=O) groups excluding carboxylic acids is 1. The van der Waals surface area contributed by atoms with Gasteiger partial charge in [-0.1, -0.05) is 64.7 Å². The molecule has 0 radical (unpaired) electrons. The standard InChI is InChI=1S/C15H31NO3/c1-2-3-4-5-6-7-8-9-10-11-12-19-15(18)14(16)13-17/h14,17H,2-13,16H2,1H3/t14-/m1/s1. The summed E-state index contributed by atoms with van der Waals surface area (Å²) in [5.41, 5.74) is 5.32. The Morgan fingerprint density at radius 3 is 1.95 bits per heavy atom. The molecular weight excluding hydrogens is 242 g/mol. The molecule has 0 saturated heterocycles. The lowest BCUT2D eigenvalue weighted by Gasteiger charge is -2.08. The van der Waals surface area contributed by atoms with Crippen molar-refractivity contribution >= 4 is 5.97 Å². The topological polar surface area (TPSA) is 72.5 Å². The first-order valence-corrected chi connectivity index (χ1v) is 7.75. The van der Waals surface area contributed by atoms with Gasteiger partial charge in [-0.25, -0.2) is 0 Å². The van der Waals surface area contributed by atoms with Gasteiger partial charge in [0, 0.05) is 0 Å². The van der Waals surface area contributed by atoms with Gasteiger partial charge in [0.2, 0.25) is 0 Å². The Morgan fingerprint density at radius 1 is 1.00 bits per heavy atom. The number of aliphatic hydroxyl groups is 1. The number of carbonyl (C=O) groups is 1. The molecule has 0 saturated carbocycles. The van der Waals surface area contributed by atoms with Crippen LogP contribution in [0.15, 0.2) is 0 Å². The van der Waals surface area contributed by atoms with Crippen molar-refractivity contribution < 1.29 is 14.6 Å². The first-order chi connectivity index (χ1) is 9.22. The fraction of sp³-hybridized carbons (Fsp3) is 0.933. The van der Waals surface area contributed by atoms with Crippen molar-refractivity contribution in [3.05, 3.63) is 0 Å². The van der Waals surface area contributed by atoms with Crippen molar-refractivity contribution in [1.82, 2.24) is 0 Å². The number of hydrogen-bond donors (Lipinski definition) is 2. The van der Waals surface area contributed by atoms with Crippen molar-refractivity contribution in [2.24, 2.45) is 5.73 Å². The molecular formula is C15H31NO3. The second-order valence-corrected chi connectivity index (χ2v) is 5.14. The molecule has 0 aliphatic carbocycles. The van der Waals surface area contributed by atoms with E-state index >= 15 is 0 Å². The summed E-state index contributed by atoms with van der Waals surface area (Å²) in [6, 6.07) is -0.886. The van der Waals surface area contributed by atoms with Gasteiger partial charge >= 0.3 is 5.97 Å². The Hall–Kier alpha value is -0.610. The SMILES string of the molecule is CCCCCCCCCCCCOC(=O)[C@H](N)CO. The van der Waals surface area contributed by atoms with E-state index in [1.165, 1.54) is 51.4 Å². The minimum atomic E-state index is -0.886.